The van der Waals surface area contributed by atoms with E-state index in [0.717, 1.165) is 45.8 Å². The van der Waals surface area contributed by atoms with Crippen LogP contribution in [0.4, 0.5) is 11.4 Å². The Morgan fingerprint density at radius 3 is 1.72 bits per heavy atom. The zero-order valence-electron chi connectivity index (χ0n) is 37.8. The lowest BCUT2D eigenvalue weighted by atomic mass is 9.61. The summed E-state index contributed by atoms with van der Waals surface area (Å²) < 4.78 is 15.8. The van der Waals surface area contributed by atoms with Gasteiger partial charge in [-0.2, -0.15) is 0 Å². The van der Waals surface area contributed by atoms with E-state index in [2.05, 4.69) is 217 Å². The van der Waals surface area contributed by atoms with Crippen molar-refractivity contribution in [2.75, 3.05) is 4.90 Å². The molecule has 0 amide bonds. The smallest absolute Gasteiger partial charge is 0.179 e. The van der Waals surface area contributed by atoms with Gasteiger partial charge < -0.3 is 18.9 Å². The zero-order chi connectivity index (χ0) is 44.7. The van der Waals surface area contributed by atoms with E-state index in [0.29, 0.717) is 5.75 Å². The molecule has 2 aliphatic heterocycles. The summed E-state index contributed by atoms with van der Waals surface area (Å²) in [7, 11) is -2.96. The van der Waals surface area contributed by atoms with Crippen molar-refractivity contribution in [2.24, 2.45) is 0 Å². The first-order chi connectivity index (χ1) is 32.9. The molecule has 13 rings (SSSR count). The van der Waals surface area contributed by atoms with Gasteiger partial charge in [0.05, 0.1) is 16.6 Å². The van der Waals surface area contributed by atoms with E-state index in [1.807, 2.05) is 24.3 Å². The summed E-state index contributed by atoms with van der Waals surface area (Å²) in [4.78, 5) is 2.68. The van der Waals surface area contributed by atoms with Gasteiger partial charge in [0, 0.05) is 39.3 Å². The molecule has 10 aromatic rings. The summed E-state index contributed by atoms with van der Waals surface area (Å²) in [5, 5.41) is 7.62. The predicted molar refractivity (Wildman–Crippen MR) is 279 cm³/mol. The Morgan fingerprint density at radius 2 is 0.985 bits per heavy atom. The third-order valence-electron chi connectivity index (χ3n) is 15.7. The van der Waals surface area contributed by atoms with E-state index in [1.165, 1.54) is 73.5 Å². The molecule has 2 unspecified atom stereocenters. The SMILES string of the molecule is CC12CCCCC1(C)N(c1ccc3c(c1)c1cc4c(cc1n3-c1cccc([Si](c3ccccc3)(c3ccccc3)c3cccc(-c5ccccc5)c3)c1)Oc1ccccc1O4)c1ccccc12. The molecule has 4 nitrogen and oxygen atoms in total. The number of ether oxygens (including phenoxy) is 2. The summed E-state index contributed by atoms with van der Waals surface area (Å²) in [6.45, 7) is 5.02. The highest BCUT2D eigenvalue weighted by Crippen LogP contribution is 2.61. The van der Waals surface area contributed by atoms with Crippen molar-refractivity contribution < 1.29 is 9.47 Å². The molecule has 2 atom stereocenters. The molecule has 9 aromatic carbocycles. The fourth-order valence-electron chi connectivity index (χ4n) is 12.4. The topological polar surface area (TPSA) is 26.6 Å². The van der Waals surface area contributed by atoms with Crippen LogP contribution in [0.2, 0.25) is 0 Å². The molecule has 0 N–H and O–H groups in total. The molecule has 3 heterocycles. The Morgan fingerprint density at radius 1 is 0.418 bits per heavy atom. The molecule has 324 valence electrons. The number of hydrogen-bond acceptors (Lipinski definition) is 3. The van der Waals surface area contributed by atoms with Crippen LogP contribution in [-0.2, 0) is 5.41 Å². The van der Waals surface area contributed by atoms with Crippen LogP contribution in [-0.4, -0.2) is 18.2 Å². The second kappa shape index (κ2) is 15.2. The number of hydrogen-bond donors (Lipinski definition) is 0. The first kappa shape index (κ1) is 39.7. The first-order valence-electron chi connectivity index (χ1n) is 23.8. The third kappa shape index (κ3) is 5.90. The maximum Gasteiger partial charge on any atom is 0.179 e. The minimum atomic E-state index is -2.96. The minimum Gasteiger partial charge on any atom is -0.449 e. The van der Waals surface area contributed by atoms with E-state index < -0.39 is 8.07 Å². The summed E-state index contributed by atoms with van der Waals surface area (Å²) >= 11 is 0. The van der Waals surface area contributed by atoms with Crippen LogP contribution in [0.25, 0.3) is 38.6 Å². The van der Waals surface area contributed by atoms with Gasteiger partial charge in [0.1, 0.15) is 0 Å². The van der Waals surface area contributed by atoms with Crippen LogP contribution in [0.5, 0.6) is 23.0 Å². The van der Waals surface area contributed by atoms with Crippen molar-refractivity contribution in [3.63, 3.8) is 0 Å². The van der Waals surface area contributed by atoms with Crippen LogP contribution in [0.3, 0.4) is 0 Å². The third-order valence-corrected chi connectivity index (χ3v) is 20.5. The van der Waals surface area contributed by atoms with Crippen molar-refractivity contribution in [1.82, 2.24) is 4.57 Å². The molecule has 0 radical (unpaired) electrons. The largest absolute Gasteiger partial charge is 0.449 e. The zero-order valence-corrected chi connectivity index (χ0v) is 38.8. The van der Waals surface area contributed by atoms with Crippen LogP contribution in [0.15, 0.2) is 218 Å². The average molecular weight is 883 g/mol. The van der Waals surface area contributed by atoms with E-state index in [1.54, 1.807) is 0 Å². The second-order valence-corrected chi connectivity index (χ2v) is 23.0. The van der Waals surface area contributed by atoms with E-state index in [-0.39, 0.29) is 11.0 Å². The molecular weight excluding hydrogens is 833 g/mol. The highest BCUT2D eigenvalue weighted by Gasteiger charge is 2.57. The second-order valence-electron chi connectivity index (χ2n) is 19.1. The van der Waals surface area contributed by atoms with E-state index in [9.17, 15) is 0 Å². The summed E-state index contributed by atoms with van der Waals surface area (Å²) in [5.41, 5.74) is 9.74. The number of benzene rings is 9. The van der Waals surface area contributed by atoms with Gasteiger partial charge in [-0.15, -0.1) is 0 Å². The summed E-state index contributed by atoms with van der Waals surface area (Å²) in [5.74, 6) is 2.88. The van der Waals surface area contributed by atoms with Crippen molar-refractivity contribution in [1.29, 1.82) is 0 Å². The molecule has 5 heteroatoms. The Labute approximate surface area is 393 Å². The molecule has 1 saturated carbocycles. The lowest BCUT2D eigenvalue weighted by Crippen LogP contribution is -2.74. The maximum absolute atomic E-state index is 6.66. The van der Waals surface area contributed by atoms with Crippen LogP contribution < -0.4 is 35.1 Å². The number of para-hydroxylation sites is 3. The number of aromatic nitrogens is 1. The monoisotopic (exact) mass is 882 g/mol. The van der Waals surface area contributed by atoms with Gasteiger partial charge in [-0.05, 0) is 112 Å². The maximum atomic E-state index is 6.66. The molecule has 0 bridgehead atoms. The molecule has 1 aliphatic carbocycles. The number of fused-ring (bicyclic) bond motifs is 8. The van der Waals surface area contributed by atoms with Crippen LogP contribution >= 0.6 is 0 Å². The van der Waals surface area contributed by atoms with Crippen molar-refractivity contribution in [2.45, 2.75) is 50.5 Å². The fourth-order valence-corrected chi connectivity index (χ4v) is 17.2. The van der Waals surface area contributed by atoms with Crippen molar-refractivity contribution in [3.8, 4) is 39.8 Å². The van der Waals surface area contributed by atoms with Gasteiger partial charge in [-0.25, -0.2) is 0 Å². The molecule has 0 spiro atoms. The van der Waals surface area contributed by atoms with Gasteiger partial charge in [0.2, 0.25) is 0 Å². The first-order valence-corrected chi connectivity index (χ1v) is 25.8. The highest BCUT2D eigenvalue weighted by atomic mass is 28.3. The van der Waals surface area contributed by atoms with Crippen molar-refractivity contribution >= 4 is 62.0 Å². The predicted octanol–water partition coefficient (Wildman–Crippen LogP) is 13.5. The fraction of sp³-hybridized carbons (Fsp3) is 0.129. The molecule has 1 aromatic heterocycles. The van der Waals surface area contributed by atoms with Crippen molar-refractivity contribution in [3.05, 3.63) is 224 Å². The normalized spacial score (nSPS) is 18.4. The van der Waals surface area contributed by atoms with Gasteiger partial charge in [0.15, 0.2) is 31.1 Å². The standard InChI is InChI=1S/C62H50N2O2Si/c1-61-36-16-17-37-62(61,2)64(55-31-13-12-30-53(55)61)46-34-35-54-51(40-46)52-41-59-60(66-58-33-15-14-32-57(58)65-59)42-56(52)63(54)45-23-19-29-50(39-45)67(47-24-8-4-9-25-47,48-26-10-5-11-27-48)49-28-18-22-44(38-49)43-20-6-3-7-21-43/h3-15,18-35,38-42H,16-17,36-37H2,1-2H3. The van der Waals surface area contributed by atoms with Crippen LogP contribution in [0.1, 0.15) is 45.1 Å². The molecule has 3 aliphatic rings. The van der Waals surface area contributed by atoms with Gasteiger partial charge in [-0.3, -0.25) is 0 Å². The molecule has 1 fully saturated rings. The minimum absolute atomic E-state index is 0.0530. The lowest BCUT2D eigenvalue weighted by Gasteiger charge is -2.50. The van der Waals surface area contributed by atoms with Gasteiger partial charge in [0.25, 0.3) is 0 Å². The number of anilines is 2. The quantitative estimate of drug-likeness (QED) is 0.118. The highest BCUT2D eigenvalue weighted by molar-refractivity contribution is 7.20. The van der Waals surface area contributed by atoms with Gasteiger partial charge >= 0.3 is 0 Å². The Bertz CT molecular complexity index is 3490. The summed E-state index contributed by atoms with van der Waals surface area (Å²) in [6.07, 6.45) is 4.82. The average Bonchev–Trinajstić information content (AvgIpc) is 3.81. The van der Waals surface area contributed by atoms with Crippen LogP contribution in [0, 0.1) is 0 Å². The van der Waals surface area contributed by atoms with E-state index in [4.69, 9.17) is 9.47 Å². The summed E-state index contributed by atoms with van der Waals surface area (Å²) in [6, 6.07) is 80.6. The Hall–Kier alpha value is -7.60. The Balaban J connectivity index is 1.06. The molecular formula is C62H50N2O2Si. The number of rotatable bonds is 7. The van der Waals surface area contributed by atoms with Gasteiger partial charge in [-0.1, -0.05) is 177 Å². The Kier molecular flexibility index (Phi) is 9.03. The molecule has 67 heavy (non-hydrogen) atoms. The number of nitrogens with zero attached hydrogens (tertiary/aromatic N) is 2. The van der Waals surface area contributed by atoms with E-state index >= 15 is 0 Å². The molecule has 0 saturated heterocycles. The lowest BCUT2D eigenvalue weighted by molar-refractivity contribution is 0.195.